The van der Waals surface area contributed by atoms with E-state index in [2.05, 4.69) is 41.8 Å². The summed E-state index contributed by atoms with van der Waals surface area (Å²) in [6.45, 7) is 2.99. The third-order valence-electron chi connectivity index (χ3n) is 4.20. The van der Waals surface area contributed by atoms with Gasteiger partial charge in [0.2, 0.25) is 0 Å². The van der Waals surface area contributed by atoms with Crippen LogP contribution in [0.2, 0.25) is 0 Å². The molecule has 21 heavy (non-hydrogen) atoms. The van der Waals surface area contributed by atoms with Crippen molar-refractivity contribution in [1.29, 1.82) is 0 Å². The number of imidazole rings is 1. The van der Waals surface area contributed by atoms with E-state index in [-0.39, 0.29) is 0 Å². The zero-order valence-corrected chi connectivity index (χ0v) is 12.2. The Morgan fingerprint density at radius 3 is 2.62 bits per heavy atom. The first-order valence-electron chi connectivity index (χ1n) is 7.52. The number of benzene rings is 2. The molecule has 1 aliphatic rings. The van der Waals surface area contributed by atoms with Crippen molar-refractivity contribution in [2.75, 3.05) is 5.73 Å². The second-order valence-electron chi connectivity index (χ2n) is 6.06. The van der Waals surface area contributed by atoms with Crippen molar-refractivity contribution in [3.63, 3.8) is 0 Å². The van der Waals surface area contributed by atoms with E-state index in [0.29, 0.717) is 5.92 Å². The Labute approximate surface area is 124 Å². The van der Waals surface area contributed by atoms with E-state index in [1.54, 1.807) is 0 Å². The Hall–Kier alpha value is -2.29. The van der Waals surface area contributed by atoms with Crippen LogP contribution in [0.25, 0.3) is 11.0 Å². The van der Waals surface area contributed by atoms with Crippen molar-refractivity contribution in [2.24, 2.45) is 0 Å². The van der Waals surface area contributed by atoms with Gasteiger partial charge in [-0.3, -0.25) is 0 Å². The first-order valence-corrected chi connectivity index (χ1v) is 7.52. The summed E-state index contributed by atoms with van der Waals surface area (Å²) in [4.78, 5) is 4.89. The summed E-state index contributed by atoms with van der Waals surface area (Å²) in [5, 5.41) is 0. The molecule has 0 amide bonds. The smallest absolute Gasteiger partial charge is 0.113 e. The minimum atomic E-state index is 0.645. The van der Waals surface area contributed by atoms with Gasteiger partial charge in [0, 0.05) is 18.2 Å². The summed E-state index contributed by atoms with van der Waals surface area (Å²) in [5.41, 5.74) is 11.5. The van der Waals surface area contributed by atoms with Crippen LogP contribution in [-0.4, -0.2) is 9.55 Å². The molecule has 2 N–H and O–H groups in total. The average molecular weight is 277 g/mol. The summed E-state index contributed by atoms with van der Waals surface area (Å²) >= 11 is 0. The Bertz CT molecular complexity index is 795. The molecule has 3 nitrogen and oxygen atoms in total. The van der Waals surface area contributed by atoms with E-state index < -0.39 is 0 Å². The first kappa shape index (κ1) is 12.5. The largest absolute Gasteiger partial charge is 0.399 e. The highest BCUT2D eigenvalue weighted by molar-refractivity contribution is 5.77. The van der Waals surface area contributed by atoms with Gasteiger partial charge >= 0.3 is 0 Å². The quantitative estimate of drug-likeness (QED) is 0.739. The van der Waals surface area contributed by atoms with Gasteiger partial charge < -0.3 is 10.3 Å². The summed E-state index contributed by atoms with van der Waals surface area (Å²) in [6.07, 6.45) is 2.54. The lowest BCUT2D eigenvalue weighted by Crippen LogP contribution is -2.04. The molecule has 0 saturated heterocycles. The second-order valence-corrected chi connectivity index (χ2v) is 6.06. The molecule has 2 aromatic carbocycles. The number of fused-ring (bicyclic) bond motifs is 1. The van der Waals surface area contributed by atoms with Crippen LogP contribution in [-0.2, 0) is 6.54 Å². The summed E-state index contributed by atoms with van der Waals surface area (Å²) < 4.78 is 2.37. The second kappa shape index (κ2) is 4.62. The molecule has 1 aromatic heterocycles. The van der Waals surface area contributed by atoms with E-state index in [4.69, 9.17) is 10.7 Å². The molecule has 1 aliphatic carbocycles. The number of anilines is 1. The van der Waals surface area contributed by atoms with E-state index in [9.17, 15) is 0 Å². The molecular weight excluding hydrogens is 258 g/mol. The molecule has 0 aliphatic heterocycles. The third kappa shape index (κ3) is 2.29. The van der Waals surface area contributed by atoms with E-state index >= 15 is 0 Å². The van der Waals surface area contributed by atoms with Gasteiger partial charge in [0.1, 0.15) is 5.82 Å². The van der Waals surface area contributed by atoms with Crippen molar-refractivity contribution in [2.45, 2.75) is 32.2 Å². The van der Waals surface area contributed by atoms with Gasteiger partial charge in [-0.2, -0.15) is 0 Å². The van der Waals surface area contributed by atoms with Crippen LogP contribution in [0, 0.1) is 6.92 Å². The third-order valence-corrected chi connectivity index (χ3v) is 4.20. The monoisotopic (exact) mass is 277 g/mol. The summed E-state index contributed by atoms with van der Waals surface area (Å²) in [6, 6.07) is 14.7. The molecule has 4 rings (SSSR count). The van der Waals surface area contributed by atoms with E-state index in [1.165, 1.54) is 35.3 Å². The maximum Gasteiger partial charge on any atom is 0.113 e. The lowest BCUT2D eigenvalue weighted by atomic mass is 10.2. The van der Waals surface area contributed by atoms with Crippen LogP contribution in [0.15, 0.2) is 42.5 Å². The molecule has 1 saturated carbocycles. The maximum atomic E-state index is 5.78. The Morgan fingerprint density at radius 1 is 1.14 bits per heavy atom. The Morgan fingerprint density at radius 2 is 1.90 bits per heavy atom. The molecule has 1 fully saturated rings. The van der Waals surface area contributed by atoms with Crippen molar-refractivity contribution >= 4 is 16.7 Å². The molecule has 0 atom stereocenters. The number of aryl methyl sites for hydroxylation is 1. The molecule has 3 aromatic rings. The molecule has 0 unspecified atom stereocenters. The molecular formula is C18H19N3. The van der Waals surface area contributed by atoms with Gasteiger partial charge in [0.05, 0.1) is 11.0 Å². The standard InChI is InChI=1S/C18H19N3/c1-12-2-9-17-16(10-12)20-18(14-5-6-14)21(17)11-13-3-7-15(19)8-4-13/h2-4,7-10,14H,5-6,11,19H2,1H3. The molecule has 1 heterocycles. The van der Waals surface area contributed by atoms with E-state index in [1.807, 2.05) is 12.1 Å². The average Bonchev–Trinajstić information content (AvgIpc) is 3.25. The number of nitrogens with zero attached hydrogens (tertiary/aromatic N) is 2. The summed E-state index contributed by atoms with van der Waals surface area (Å²) in [5.74, 6) is 1.89. The van der Waals surface area contributed by atoms with Crippen LogP contribution in [0.4, 0.5) is 5.69 Å². The Kier molecular flexibility index (Phi) is 2.74. The number of hydrogen-bond acceptors (Lipinski definition) is 2. The Balaban J connectivity index is 1.81. The van der Waals surface area contributed by atoms with Crippen molar-refractivity contribution in [1.82, 2.24) is 9.55 Å². The number of nitrogens with two attached hydrogens (primary N) is 1. The van der Waals surface area contributed by atoms with Gasteiger partial charge in [-0.1, -0.05) is 18.2 Å². The van der Waals surface area contributed by atoms with E-state index in [0.717, 1.165) is 17.7 Å². The first-order chi connectivity index (χ1) is 10.2. The lowest BCUT2D eigenvalue weighted by molar-refractivity contribution is 0.747. The van der Waals surface area contributed by atoms with Crippen LogP contribution >= 0.6 is 0 Å². The van der Waals surface area contributed by atoms with Gasteiger partial charge in [-0.15, -0.1) is 0 Å². The lowest BCUT2D eigenvalue weighted by Gasteiger charge is -2.09. The van der Waals surface area contributed by atoms with Crippen molar-refractivity contribution in [3.8, 4) is 0 Å². The topological polar surface area (TPSA) is 43.8 Å². The maximum absolute atomic E-state index is 5.78. The highest BCUT2D eigenvalue weighted by Gasteiger charge is 2.29. The predicted octanol–water partition coefficient (Wildman–Crippen LogP) is 3.85. The van der Waals surface area contributed by atoms with Crippen LogP contribution in [0.3, 0.4) is 0 Å². The fourth-order valence-electron chi connectivity index (χ4n) is 2.88. The molecule has 0 spiro atoms. The van der Waals surface area contributed by atoms with Gasteiger partial charge in [-0.05, 0) is 55.2 Å². The number of hydrogen-bond donors (Lipinski definition) is 1. The van der Waals surface area contributed by atoms with Gasteiger partial charge in [0.15, 0.2) is 0 Å². The predicted molar refractivity (Wildman–Crippen MR) is 86.4 cm³/mol. The van der Waals surface area contributed by atoms with Gasteiger partial charge in [-0.25, -0.2) is 4.98 Å². The molecule has 0 bridgehead atoms. The minimum absolute atomic E-state index is 0.645. The fraction of sp³-hybridized carbons (Fsp3) is 0.278. The van der Waals surface area contributed by atoms with Crippen molar-refractivity contribution < 1.29 is 0 Å². The highest BCUT2D eigenvalue weighted by atomic mass is 15.1. The highest BCUT2D eigenvalue weighted by Crippen LogP contribution is 2.41. The zero-order valence-electron chi connectivity index (χ0n) is 12.2. The normalized spacial score (nSPS) is 14.7. The van der Waals surface area contributed by atoms with Crippen molar-refractivity contribution in [3.05, 3.63) is 59.4 Å². The van der Waals surface area contributed by atoms with Crippen LogP contribution < -0.4 is 5.73 Å². The number of aromatic nitrogens is 2. The van der Waals surface area contributed by atoms with Gasteiger partial charge in [0.25, 0.3) is 0 Å². The SMILES string of the molecule is Cc1ccc2c(c1)nc(C1CC1)n2Cc1ccc(N)cc1. The fourth-order valence-corrected chi connectivity index (χ4v) is 2.88. The molecule has 0 radical (unpaired) electrons. The summed E-state index contributed by atoms with van der Waals surface area (Å²) in [7, 11) is 0. The number of nitrogen functional groups attached to an aromatic ring is 1. The number of rotatable bonds is 3. The van der Waals surface area contributed by atoms with Crippen LogP contribution in [0.1, 0.15) is 35.7 Å². The minimum Gasteiger partial charge on any atom is -0.399 e. The van der Waals surface area contributed by atoms with Crippen LogP contribution in [0.5, 0.6) is 0 Å². The molecule has 106 valence electrons. The molecule has 3 heteroatoms. The zero-order chi connectivity index (χ0) is 14.4.